The second kappa shape index (κ2) is 9.27. The molecule has 2 amide bonds. The highest BCUT2D eigenvalue weighted by atomic mass is 16.6. The smallest absolute Gasteiger partial charge is 0.342 e. The summed E-state index contributed by atoms with van der Waals surface area (Å²) in [5.74, 6) is -2.62. The van der Waals surface area contributed by atoms with Crippen LogP contribution in [0, 0.1) is 0 Å². The number of carbonyl (C=O) groups excluding carboxylic acids is 5. The van der Waals surface area contributed by atoms with E-state index in [0.29, 0.717) is 11.1 Å². The average Bonchev–Trinajstić information content (AvgIpc) is 3.02. The molecule has 0 saturated carbocycles. The van der Waals surface area contributed by atoms with Gasteiger partial charge in [-0.15, -0.1) is 0 Å². The molecule has 3 N–H and O–H groups in total. The van der Waals surface area contributed by atoms with Crippen molar-refractivity contribution in [2.75, 3.05) is 13.1 Å². The summed E-state index contributed by atoms with van der Waals surface area (Å²) >= 11 is 0. The summed E-state index contributed by atoms with van der Waals surface area (Å²) in [7, 11) is 0. The third kappa shape index (κ3) is 5.26. The van der Waals surface area contributed by atoms with E-state index in [-0.39, 0.29) is 61.7 Å². The summed E-state index contributed by atoms with van der Waals surface area (Å²) in [4.78, 5) is 57.5. The van der Waals surface area contributed by atoms with Gasteiger partial charge in [-0.1, -0.05) is 0 Å². The fraction of sp³-hybridized carbons (Fsp3) is 0.500. The molecule has 2 aliphatic heterocycles. The molecule has 10 heteroatoms. The Morgan fingerprint density at radius 2 is 1.46 bits per heavy atom. The third-order valence-electron chi connectivity index (χ3n) is 4.49. The number of hydrogen-bond acceptors (Lipinski definition) is 8. The zero-order valence-corrected chi connectivity index (χ0v) is 15.6. The quantitative estimate of drug-likeness (QED) is 0.266. The van der Waals surface area contributed by atoms with E-state index in [1.165, 1.54) is 13.8 Å². The number of cyclic esters (lactones) is 3. The molecule has 1 unspecified atom stereocenters. The number of rotatable bonds is 9. The Labute approximate surface area is 160 Å². The maximum Gasteiger partial charge on any atom is 0.342 e. The van der Waals surface area contributed by atoms with Gasteiger partial charge >= 0.3 is 17.9 Å². The van der Waals surface area contributed by atoms with Gasteiger partial charge in [0, 0.05) is 48.2 Å². The molecule has 0 aromatic heterocycles. The molecule has 152 valence electrons. The number of amides is 2. The summed E-state index contributed by atoms with van der Waals surface area (Å²) < 4.78 is 9.08. The van der Waals surface area contributed by atoms with Gasteiger partial charge < -0.3 is 25.2 Å². The zero-order valence-electron chi connectivity index (χ0n) is 15.6. The molecule has 0 radical (unpaired) electrons. The lowest BCUT2D eigenvalue weighted by molar-refractivity contribution is -0.153. The summed E-state index contributed by atoms with van der Waals surface area (Å²) in [5, 5.41) is 14.8. The van der Waals surface area contributed by atoms with E-state index in [1.807, 2.05) is 0 Å². The van der Waals surface area contributed by atoms with Gasteiger partial charge in [-0.3, -0.25) is 9.59 Å². The molecule has 2 aliphatic rings. The third-order valence-corrected chi connectivity index (χ3v) is 4.49. The van der Waals surface area contributed by atoms with E-state index in [1.54, 1.807) is 0 Å². The SMILES string of the molecule is CC1=C(CCC(=O)NCCNC(=O)CCC2=C(C)C(=O)OC2O)C(=O)OC1=O. The van der Waals surface area contributed by atoms with E-state index < -0.39 is 24.2 Å². The van der Waals surface area contributed by atoms with Gasteiger partial charge in [-0.05, 0) is 26.7 Å². The maximum atomic E-state index is 11.8. The van der Waals surface area contributed by atoms with Crippen molar-refractivity contribution in [2.24, 2.45) is 0 Å². The summed E-state index contributed by atoms with van der Waals surface area (Å²) in [6.07, 6.45) is -0.919. The predicted molar refractivity (Wildman–Crippen MR) is 93.1 cm³/mol. The molecule has 0 aromatic rings. The van der Waals surface area contributed by atoms with Crippen LogP contribution in [0.3, 0.4) is 0 Å². The molecule has 28 heavy (non-hydrogen) atoms. The second-order valence-corrected chi connectivity index (χ2v) is 6.39. The molecule has 0 fully saturated rings. The van der Waals surface area contributed by atoms with Crippen molar-refractivity contribution < 1.29 is 38.6 Å². The molecule has 2 heterocycles. The lowest BCUT2D eigenvalue weighted by atomic mass is 10.1. The van der Waals surface area contributed by atoms with E-state index in [0.717, 1.165) is 0 Å². The van der Waals surface area contributed by atoms with Crippen LogP contribution in [0.15, 0.2) is 22.3 Å². The van der Waals surface area contributed by atoms with Crippen molar-refractivity contribution in [2.45, 2.75) is 45.8 Å². The van der Waals surface area contributed by atoms with Crippen molar-refractivity contribution in [3.63, 3.8) is 0 Å². The van der Waals surface area contributed by atoms with Gasteiger partial charge in [-0.25, -0.2) is 14.4 Å². The lowest BCUT2D eigenvalue weighted by Gasteiger charge is -2.09. The zero-order chi connectivity index (χ0) is 20.8. The largest absolute Gasteiger partial charge is 0.428 e. The van der Waals surface area contributed by atoms with Gasteiger partial charge in [0.1, 0.15) is 0 Å². The molecule has 1 atom stereocenters. The Balaban J connectivity index is 1.61. The van der Waals surface area contributed by atoms with E-state index in [9.17, 15) is 29.1 Å². The first-order valence-electron chi connectivity index (χ1n) is 8.79. The van der Waals surface area contributed by atoms with Crippen LogP contribution in [0.25, 0.3) is 0 Å². The van der Waals surface area contributed by atoms with E-state index in [4.69, 9.17) is 0 Å². The molecule has 2 rings (SSSR count). The Hall–Kier alpha value is -3.01. The Morgan fingerprint density at radius 1 is 0.893 bits per heavy atom. The normalized spacial score (nSPS) is 19.1. The fourth-order valence-electron chi connectivity index (χ4n) is 2.74. The van der Waals surface area contributed by atoms with Crippen LogP contribution >= 0.6 is 0 Å². The van der Waals surface area contributed by atoms with Crippen LogP contribution in [0.1, 0.15) is 39.5 Å². The molecule has 0 aliphatic carbocycles. The van der Waals surface area contributed by atoms with Gasteiger partial charge in [0.15, 0.2) is 0 Å². The van der Waals surface area contributed by atoms with Crippen LogP contribution < -0.4 is 10.6 Å². The number of ether oxygens (including phenoxy) is 2. The minimum Gasteiger partial charge on any atom is -0.428 e. The van der Waals surface area contributed by atoms with Crippen LogP contribution in [0.4, 0.5) is 0 Å². The molecular weight excluding hydrogens is 372 g/mol. The van der Waals surface area contributed by atoms with Crippen molar-refractivity contribution in [1.29, 1.82) is 0 Å². The first-order chi connectivity index (χ1) is 13.2. The lowest BCUT2D eigenvalue weighted by Crippen LogP contribution is -2.34. The number of aliphatic hydroxyl groups excluding tert-OH is 1. The highest BCUT2D eigenvalue weighted by molar-refractivity contribution is 6.12. The highest BCUT2D eigenvalue weighted by Crippen LogP contribution is 2.24. The molecule has 0 bridgehead atoms. The highest BCUT2D eigenvalue weighted by Gasteiger charge is 2.30. The number of nitrogens with one attached hydrogen (secondary N) is 2. The van der Waals surface area contributed by atoms with Gasteiger partial charge in [-0.2, -0.15) is 0 Å². The van der Waals surface area contributed by atoms with Crippen molar-refractivity contribution in [3.8, 4) is 0 Å². The van der Waals surface area contributed by atoms with Crippen molar-refractivity contribution in [1.82, 2.24) is 10.6 Å². The molecule has 0 aromatic carbocycles. The van der Waals surface area contributed by atoms with Crippen molar-refractivity contribution in [3.05, 3.63) is 22.3 Å². The van der Waals surface area contributed by atoms with Crippen LogP contribution in [0.2, 0.25) is 0 Å². The Morgan fingerprint density at radius 3 is 1.93 bits per heavy atom. The molecule has 10 nitrogen and oxygen atoms in total. The van der Waals surface area contributed by atoms with Gasteiger partial charge in [0.05, 0.1) is 0 Å². The molecule has 0 spiro atoms. The number of esters is 3. The fourth-order valence-corrected chi connectivity index (χ4v) is 2.74. The minimum atomic E-state index is -1.30. The standard InChI is InChI=1S/C18H22N2O8/c1-9-11(17(25)27-15(9)23)3-5-13(21)19-7-8-20-14(22)6-4-12-10(2)16(24)28-18(12)26/h17,25H,3-8H2,1-2H3,(H,19,21)(H,20,22). The van der Waals surface area contributed by atoms with Crippen LogP contribution in [-0.4, -0.2) is 54.2 Å². The van der Waals surface area contributed by atoms with Gasteiger partial charge in [0.25, 0.3) is 0 Å². The molecule has 0 saturated heterocycles. The van der Waals surface area contributed by atoms with Gasteiger partial charge in [0.2, 0.25) is 18.1 Å². The van der Waals surface area contributed by atoms with Crippen LogP contribution in [-0.2, 0) is 33.4 Å². The average molecular weight is 394 g/mol. The number of aliphatic hydroxyl groups is 1. The second-order valence-electron chi connectivity index (χ2n) is 6.39. The predicted octanol–water partition coefficient (Wildman–Crippen LogP) is -0.629. The topological polar surface area (TPSA) is 148 Å². The first kappa shape index (κ1) is 21.3. The van der Waals surface area contributed by atoms with Crippen LogP contribution in [0.5, 0.6) is 0 Å². The maximum absolute atomic E-state index is 11.8. The van der Waals surface area contributed by atoms with E-state index >= 15 is 0 Å². The Kier molecular flexibility index (Phi) is 7.05. The number of hydrogen-bond donors (Lipinski definition) is 3. The minimum absolute atomic E-state index is 0.0162. The summed E-state index contributed by atoms with van der Waals surface area (Å²) in [6, 6.07) is 0. The van der Waals surface area contributed by atoms with E-state index in [2.05, 4.69) is 20.1 Å². The monoisotopic (exact) mass is 394 g/mol. The molecular formula is C18H22N2O8. The first-order valence-corrected chi connectivity index (χ1v) is 8.79. The van der Waals surface area contributed by atoms with Crippen molar-refractivity contribution >= 4 is 29.7 Å². The number of carbonyl (C=O) groups is 5. The summed E-state index contributed by atoms with van der Waals surface area (Å²) in [6.45, 7) is 3.39. The summed E-state index contributed by atoms with van der Waals surface area (Å²) in [5.41, 5.74) is 1.12. The Bertz CT molecular complexity index is 780.